The van der Waals surface area contributed by atoms with Crippen LogP contribution in [0.15, 0.2) is 48.8 Å². The summed E-state index contributed by atoms with van der Waals surface area (Å²) in [6.07, 6.45) is 3.67. The number of carbonyl (C=O) groups is 1. The minimum Gasteiger partial charge on any atom is -0.347 e. The Morgan fingerprint density at radius 3 is 2.95 bits per heavy atom. The van der Waals surface area contributed by atoms with E-state index < -0.39 is 0 Å². The lowest BCUT2D eigenvalue weighted by Gasteiger charge is -2.03. The van der Waals surface area contributed by atoms with E-state index in [-0.39, 0.29) is 5.91 Å². The zero-order valence-corrected chi connectivity index (χ0v) is 12.3. The first-order valence-electron chi connectivity index (χ1n) is 6.60. The molecule has 0 fully saturated rings. The molecule has 0 aliphatic heterocycles. The molecule has 0 unspecified atom stereocenters. The van der Waals surface area contributed by atoms with Crippen molar-refractivity contribution in [1.29, 1.82) is 0 Å². The highest BCUT2D eigenvalue weighted by Crippen LogP contribution is 2.11. The summed E-state index contributed by atoms with van der Waals surface area (Å²) in [5.74, 6) is -0.198. The molecule has 0 bridgehead atoms. The summed E-state index contributed by atoms with van der Waals surface area (Å²) in [6.45, 7) is 2.42. The van der Waals surface area contributed by atoms with E-state index in [1.165, 1.54) is 0 Å². The monoisotopic (exact) mass is 299 g/mol. The summed E-state index contributed by atoms with van der Waals surface area (Å²) in [5, 5.41) is 3.50. The molecule has 0 aliphatic rings. The first kappa shape index (κ1) is 13.6. The summed E-state index contributed by atoms with van der Waals surface area (Å²) in [6, 6.07) is 11.3. The molecule has 3 rings (SSSR count). The molecule has 3 aromatic rings. The largest absolute Gasteiger partial charge is 0.347 e. The Balaban J connectivity index is 1.74. The van der Waals surface area contributed by atoms with E-state index in [0.29, 0.717) is 17.3 Å². The van der Waals surface area contributed by atoms with E-state index in [1.807, 2.05) is 47.9 Å². The molecule has 0 aliphatic carbocycles. The quantitative estimate of drug-likeness (QED) is 0.807. The minimum absolute atomic E-state index is 0.198. The number of halogens is 1. The van der Waals surface area contributed by atoms with Gasteiger partial charge in [0.25, 0.3) is 5.91 Å². The van der Waals surface area contributed by atoms with Gasteiger partial charge in [0.15, 0.2) is 0 Å². The second-order valence-electron chi connectivity index (χ2n) is 4.91. The van der Waals surface area contributed by atoms with E-state index in [2.05, 4.69) is 10.3 Å². The first-order chi connectivity index (χ1) is 10.1. The lowest BCUT2D eigenvalue weighted by molar-refractivity contribution is 0.0946. The number of carbonyl (C=O) groups excluding carboxylic acids is 1. The number of imidazole rings is 1. The molecule has 106 valence electrons. The van der Waals surface area contributed by atoms with Crippen molar-refractivity contribution in [2.24, 2.45) is 0 Å². The van der Waals surface area contributed by atoms with Crippen LogP contribution < -0.4 is 5.32 Å². The van der Waals surface area contributed by atoms with Gasteiger partial charge in [0.05, 0.1) is 0 Å². The van der Waals surface area contributed by atoms with Gasteiger partial charge in [-0.25, -0.2) is 4.98 Å². The Morgan fingerprint density at radius 1 is 1.29 bits per heavy atom. The molecule has 2 heterocycles. The maximum atomic E-state index is 12.1. The van der Waals surface area contributed by atoms with Gasteiger partial charge in [-0.15, -0.1) is 0 Å². The van der Waals surface area contributed by atoms with Gasteiger partial charge in [-0.3, -0.25) is 4.79 Å². The van der Waals surface area contributed by atoms with E-state index in [1.54, 1.807) is 12.3 Å². The Bertz CT molecular complexity index is 810. The first-order valence-corrected chi connectivity index (χ1v) is 6.97. The van der Waals surface area contributed by atoms with Gasteiger partial charge in [0.1, 0.15) is 11.3 Å². The molecule has 0 atom stereocenters. The van der Waals surface area contributed by atoms with Gasteiger partial charge in [-0.05, 0) is 36.2 Å². The van der Waals surface area contributed by atoms with Crippen LogP contribution in [0.1, 0.15) is 21.6 Å². The predicted octanol–water partition coefficient (Wildman–Crippen LogP) is 3.23. The number of fused-ring (bicyclic) bond motifs is 1. The van der Waals surface area contributed by atoms with Gasteiger partial charge in [-0.1, -0.05) is 29.8 Å². The number of benzene rings is 1. The van der Waals surface area contributed by atoms with Crippen LogP contribution in [-0.2, 0) is 6.54 Å². The third-order valence-electron chi connectivity index (χ3n) is 3.17. The molecule has 1 aromatic carbocycles. The van der Waals surface area contributed by atoms with E-state index in [4.69, 9.17) is 11.6 Å². The van der Waals surface area contributed by atoms with Gasteiger partial charge in [0, 0.05) is 24.0 Å². The molecule has 5 heteroatoms. The maximum Gasteiger partial charge on any atom is 0.271 e. The summed E-state index contributed by atoms with van der Waals surface area (Å²) < 4.78 is 1.85. The number of hydrogen-bond donors (Lipinski definition) is 1. The highest BCUT2D eigenvalue weighted by atomic mass is 35.5. The highest BCUT2D eigenvalue weighted by molar-refractivity contribution is 6.30. The Morgan fingerprint density at radius 2 is 2.14 bits per heavy atom. The standard InChI is InChI=1S/C16H14ClN3O/c1-11-5-6-15-19-14(10-20(15)9-11)16(21)18-8-12-3-2-4-13(17)7-12/h2-7,9-10H,8H2,1H3,(H,18,21). The molecular weight excluding hydrogens is 286 g/mol. The van der Waals surface area contributed by atoms with E-state index in [0.717, 1.165) is 16.8 Å². The molecule has 1 N–H and O–H groups in total. The van der Waals surface area contributed by atoms with Crippen molar-refractivity contribution >= 4 is 23.2 Å². The van der Waals surface area contributed by atoms with Crippen molar-refractivity contribution in [3.8, 4) is 0 Å². The van der Waals surface area contributed by atoms with E-state index >= 15 is 0 Å². The lowest BCUT2D eigenvalue weighted by Crippen LogP contribution is -2.23. The average Bonchev–Trinajstić information content (AvgIpc) is 2.88. The fraction of sp³-hybridized carbons (Fsp3) is 0.125. The van der Waals surface area contributed by atoms with Gasteiger partial charge < -0.3 is 9.72 Å². The molecule has 0 radical (unpaired) electrons. The van der Waals surface area contributed by atoms with Crippen LogP contribution in [0, 0.1) is 6.92 Å². The normalized spacial score (nSPS) is 10.8. The molecule has 0 spiro atoms. The fourth-order valence-electron chi connectivity index (χ4n) is 2.13. The van der Waals surface area contributed by atoms with Gasteiger partial charge in [0.2, 0.25) is 0 Å². The smallest absolute Gasteiger partial charge is 0.271 e. The number of amides is 1. The van der Waals surface area contributed by atoms with Crippen LogP contribution in [0.3, 0.4) is 0 Å². The molecule has 21 heavy (non-hydrogen) atoms. The van der Waals surface area contributed by atoms with Crippen LogP contribution in [0.25, 0.3) is 5.65 Å². The highest BCUT2D eigenvalue weighted by Gasteiger charge is 2.10. The second kappa shape index (κ2) is 5.58. The van der Waals surface area contributed by atoms with Crippen LogP contribution in [0.5, 0.6) is 0 Å². The maximum absolute atomic E-state index is 12.1. The summed E-state index contributed by atoms with van der Waals surface area (Å²) >= 11 is 5.92. The zero-order chi connectivity index (χ0) is 14.8. The molecular formula is C16H14ClN3O. The number of pyridine rings is 1. The minimum atomic E-state index is -0.198. The van der Waals surface area contributed by atoms with Crippen molar-refractivity contribution in [2.75, 3.05) is 0 Å². The van der Waals surface area contributed by atoms with Crippen LogP contribution in [0.2, 0.25) is 5.02 Å². The fourth-order valence-corrected chi connectivity index (χ4v) is 2.35. The van der Waals surface area contributed by atoms with E-state index in [9.17, 15) is 4.79 Å². The van der Waals surface area contributed by atoms with Crippen LogP contribution in [-0.4, -0.2) is 15.3 Å². The number of nitrogens with zero attached hydrogens (tertiary/aromatic N) is 2. The third-order valence-corrected chi connectivity index (χ3v) is 3.41. The van der Waals surface area contributed by atoms with Crippen molar-refractivity contribution in [2.45, 2.75) is 13.5 Å². The average molecular weight is 300 g/mol. The number of aryl methyl sites for hydroxylation is 1. The Kier molecular flexibility index (Phi) is 3.62. The Labute approximate surface area is 127 Å². The molecule has 0 saturated carbocycles. The predicted molar refractivity (Wildman–Crippen MR) is 82.6 cm³/mol. The number of aromatic nitrogens is 2. The summed E-state index contributed by atoms with van der Waals surface area (Å²) in [4.78, 5) is 16.4. The molecule has 2 aromatic heterocycles. The topological polar surface area (TPSA) is 46.4 Å². The van der Waals surface area contributed by atoms with Crippen molar-refractivity contribution in [1.82, 2.24) is 14.7 Å². The van der Waals surface area contributed by atoms with Crippen LogP contribution >= 0.6 is 11.6 Å². The molecule has 1 amide bonds. The van der Waals surface area contributed by atoms with Crippen molar-refractivity contribution in [3.05, 3.63) is 70.6 Å². The molecule has 0 saturated heterocycles. The molecule has 4 nitrogen and oxygen atoms in total. The Hall–Kier alpha value is -2.33. The lowest BCUT2D eigenvalue weighted by atomic mass is 10.2. The van der Waals surface area contributed by atoms with Gasteiger partial charge in [-0.2, -0.15) is 0 Å². The third kappa shape index (κ3) is 3.06. The number of rotatable bonds is 3. The van der Waals surface area contributed by atoms with Crippen molar-refractivity contribution in [3.63, 3.8) is 0 Å². The number of nitrogens with one attached hydrogen (secondary N) is 1. The summed E-state index contributed by atoms with van der Waals surface area (Å²) in [7, 11) is 0. The zero-order valence-electron chi connectivity index (χ0n) is 11.5. The second-order valence-corrected chi connectivity index (χ2v) is 5.35. The van der Waals surface area contributed by atoms with Gasteiger partial charge >= 0.3 is 0 Å². The van der Waals surface area contributed by atoms with Crippen molar-refractivity contribution < 1.29 is 4.79 Å². The van der Waals surface area contributed by atoms with Crippen LogP contribution in [0.4, 0.5) is 0 Å². The summed E-state index contributed by atoms with van der Waals surface area (Å²) in [5.41, 5.74) is 3.23. The number of hydrogen-bond acceptors (Lipinski definition) is 2. The SMILES string of the molecule is Cc1ccc2nc(C(=O)NCc3cccc(Cl)c3)cn2c1.